The number of benzene rings is 1. The van der Waals surface area contributed by atoms with Gasteiger partial charge in [-0.15, -0.1) is 0 Å². The van der Waals surface area contributed by atoms with Crippen molar-refractivity contribution in [1.82, 2.24) is 10.3 Å². The highest BCUT2D eigenvalue weighted by Crippen LogP contribution is 2.13. The molecular weight excluding hydrogens is 196 g/mol. The molecule has 0 bridgehead atoms. The lowest BCUT2D eigenvalue weighted by molar-refractivity contribution is 0.424. The van der Waals surface area contributed by atoms with Gasteiger partial charge < -0.3 is 5.32 Å². The Morgan fingerprint density at radius 3 is 2.69 bits per heavy atom. The van der Waals surface area contributed by atoms with Crippen LogP contribution in [0, 0.1) is 0 Å². The molecule has 0 saturated carbocycles. The second-order valence-electron chi connectivity index (χ2n) is 5.14. The Morgan fingerprint density at radius 1 is 1.19 bits per heavy atom. The first kappa shape index (κ1) is 11.1. The minimum atomic E-state index is 0.144. The van der Waals surface area contributed by atoms with Crippen molar-refractivity contribution in [2.24, 2.45) is 0 Å². The van der Waals surface area contributed by atoms with Crippen molar-refractivity contribution >= 4 is 10.9 Å². The summed E-state index contributed by atoms with van der Waals surface area (Å²) < 4.78 is 0. The summed E-state index contributed by atoms with van der Waals surface area (Å²) in [5.41, 5.74) is 2.43. The molecule has 1 heterocycles. The summed E-state index contributed by atoms with van der Waals surface area (Å²) in [6.45, 7) is 7.37. The number of fused-ring (bicyclic) bond motifs is 1. The number of para-hydroxylation sites is 1. The molecule has 84 valence electrons. The molecule has 0 spiro atoms. The smallest absolute Gasteiger partial charge is 0.0702 e. The summed E-state index contributed by atoms with van der Waals surface area (Å²) in [5, 5.41) is 4.67. The molecule has 0 aliphatic rings. The fourth-order valence-electron chi connectivity index (χ4n) is 1.58. The fraction of sp³-hybridized carbons (Fsp3) is 0.357. The van der Waals surface area contributed by atoms with E-state index in [-0.39, 0.29) is 5.54 Å². The molecule has 0 radical (unpaired) electrons. The molecule has 0 saturated heterocycles. The van der Waals surface area contributed by atoms with E-state index in [1.165, 1.54) is 10.9 Å². The van der Waals surface area contributed by atoms with Crippen LogP contribution in [0.4, 0.5) is 0 Å². The molecule has 2 nitrogen and oxygen atoms in total. The zero-order chi connectivity index (χ0) is 11.6. The van der Waals surface area contributed by atoms with E-state index in [0.717, 1.165) is 12.1 Å². The normalized spacial score (nSPS) is 11.9. The topological polar surface area (TPSA) is 24.9 Å². The van der Waals surface area contributed by atoms with E-state index < -0.39 is 0 Å². The van der Waals surface area contributed by atoms with E-state index in [0.29, 0.717) is 0 Å². The van der Waals surface area contributed by atoms with Crippen LogP contribution < -0.4 is 5.32 Å². The highest BCUT2D eigenvalue weighted by Gasteiger charge is 2.08. The van der Waals surface area contributed by atoms with E-state index in [9.17, 15) is 0 Å². The van der Waals surface area contributed by atoms with Crippen molar-refractivity contribution in [3.05, 3.63) is 42.1 Å². The molecule has 0 amide bonds. The van der Waals surface area contributed by atoms with Crippen LogP contribution in [0.15, 0.2) is 36.5 Å². The van der Waals surface area contributed by atoms with Gasteiger partial charge in [-0.1, -0.05) is 18.2 Å². The number of pyridine rings is 1. The minimum absolute atomic E-state index is 0.144. The molecule has 0 atom stereocenters. The third-order valence-corrected chi connectivity index (χ3v) is 2.47. The zero-order valence-electron chi connectivity index (χ0n) is 10.1. The molecule has 0 aliphatic heterocycles. The lowest BCUT2D eigenvalue weighted by Gasteiger charge is -2.20. The predicted molar refractivity (Wildman–Crippen MR) is 68.3 cm³/mol. The van der Waals surface area contributed by atoms with Gasteiger partial charge >= 0.3 is 0 Å². The highest BCUT2D eigenvalue weighted by molar-refractivity contribution is 5.78. The molecule has 2 aromatic rings. The van der Waals surface area contributed by atoms with Gasteiger partial charge in [0, 0.05) is 23.7 Å². The summed E-state index contributed by atoms with van der Waals surface area (Å²) in [4.78, 5) is 4.44. The van der Waals surface area contributed by atoms with Gasteiger partial charge in [-0.25, -0.2) is 0 Å². The van der Waals surface area contributed by atoms with Crippen molar-refractivity contribution in [3.8, 4) is 0 Å². The third kappa shape index (κ3) is 2.80. The number of hydrogen-bond acceptors (Lipinski definition) is 2. The van der Waals surface area contributed by atoms with Gasteiger partial charge in [-0.2, -0.15) is 0 Å². The van der Waals surface area contributed by atoms with Crippen molar-refractivity contribution in [3.63, 3.8) is 0 Å². The van der Waals surface area contributed by atoms with Crippen LogP contribution in [0.3, 0.4) is 0 Å². The van der Waals surface area contributed by atoms with Gasteiger partial charge in [-0.3, -0.25) is 4.98 Å². The van der Waals surface area contributed by atoms with Crippen molar-refractivity contribution in [1.29, 1.82) is 0 Å². The average molecular weight is 214 g/mol. The Morgan fingerprint density at radius 2 is 1.94 bits per heavy atom. The van der Waals surface area contributed by atoms with E-state index in [2.05, 4.69) is 43.2 Å². The molecule has 0 unspecified atom stereocenters. The molecule has 1 aromatic carbocycles. The summed E-state index contributed by atoms with van der Waals surface area (Å²) in [7, 11) is 0. The zero-order valence-corrected chi connectivity index (χ0v) is 10.1. The second-order valence-corrected chi connectivity index (χ2v) is 5.14. The molecular formula is C14H18N2. The molecule has 1 N–H and O–H groups in total. The van der Waals surface area contributed by atoms with Crippen LogP contribution in [0.1, 0.15) is 26.3 Å². The van der Waals surface area contributed by atoms with Crippen LogP contribution in [-0.2, 0) is 6.54 Å². The Balaban J connectivity index is 2.20. The number of aromatic nitrogens is 1. The Bertz CT molecular complexity index is 483. The summed E-state index contributed by atoms with van der Waals surface area (Å²) in [5.74, 6) is 0. The van der Waals surface area contributed by atoms with Crippen molar-refractivity contribution in [2.45, 2.75) is 32.9 Å². The molecule has 0 aliphatic carbocycles. The lowest BCUT2D eigenvalue weighted by Crippen LogP contribution is -2.35. The number of nitrogens with one attached hydrogen (secondary N) is 1. The van der Waals surface area contributed by atoms with E-state index in [4.69, 9.17) is 0 Å². The van der Waals surface area contributed by atoms with Crippen molar-refractivity contribution in [2.75, 3.05) is 0 Å². The standard InChI is InChI=1S/C14H18N2/c1-14(2,3)16-10-11-8-12-6-4-5-7-13(12)15-9-11/h4-9,16H,10H2,1-3H3. The maximum Gasteiger partial charge on any atom is 0.0702 e. The van der Waals surface area contributed by atoms with Gasteiger partial charge in [0.2, 0.25) is 0 Å². The van der Waals surface area contributed by atoms with Crippen LogP contribution in [0.25, 0.3) is 10.9 Å². The minimum Gasteiger partial charge on any atom is -0.308 e. The van der Waals surface area contributed by atoms with Crippen molar-refractivity contribution < 1.29 is 0 Å². The van der Waals surface area contributed by atoms with Crippen LogP contribution in [0.2, 0.25) is 0 Å². The SMILES string of the molecule is CC(C)(C)NCc1cnc2ccccc2c1. The first-order valence-electron chi connectivity index (χ1n) is 5.63. The van der Waals surface area contributed by atoms with Gasteiger partial charge in [-0.05, 0) is 38.5 Å². The first-order chi connectivity index (χ1) is 7.54. The largest absolute Gasteiger partial charge is 0.308 e. The summed E-state index contributed by atoms with van der Waals surface area (Å²) in [6, 6.07) is 10.4. The number of hydrogen-bond donors (Lipinski definition) is 1. The van der Waals surface area contributed by atoms with Crippen LogP contribution in [-0.4, -0.2) is 10.5 Å². The number of nitrogens with zero attached hydrogens (tertiary/aromatic N) is 1. The predicted octanol–water partition coefficient (Wildman–Crippen LogP) is 3.12. The quantitative estimate of drug-likeness (QED) is 0.830. The van der Waals surface area contributed by atoms with Gasteiger partial charge in [0.15, 0.2) is 0 Å². The van der Waals surface area contributed by atoms with Gasteiger partial charge in [0.05, 0.1) is 5.52 Å². The average Bonchev–Trinajstić information content (AvgIpc) is 2.25. The molecule has 0 fully saturated rings. The van der Waals surface area contributed by atoms with Crippen LogP contribution in [0.5, 0.6) is 0 Å². The second kappa shape index (κ2) is 4.22. The van der Waals surface area contributed by atoms with Crippen LogP contribution >= 0.6 is 0 Å². The lowest BCUT2D eigenvalue weighted by atomic mass is 10.1. The summed E-state index contributed by atoms with van der Waals surface area (Å²) >= 11 is 0. The van der Waals surface area contributed by atoms with Gasteiger partial charge in [0.1, 0.15) is 0 Å². The van der Waals surface area contributed by atoms with Gasteiger partial charge in [0.25, 0.3) is 0 Å². The summed E-state index contributed by atoms with van der Waals surface area (Å²) in [6.07, 6.45) is 1.95. The van der Waals surface area contributed by atoms with E-state index in [1.54, 1.807) is 0 Å². The molecule has 16 heavy (non-hydrogen) atoms. The Kier molecular flexibility index (Phi) is 2.92. The Hall–Kier alpha value is -1.41. The maximum atomic E-state index is 4.44. The fourth-order valence-corrected chi connectivity index (χ4v) is 1.58. The van der Waals surface area contributed by atoms with E-state index in [1.807, 2.05) is 24.4 Å². The third-order valence-electron chi connectivity index (χ3n) is 2.47. The maximum absolute atomic E-state index is 4.44. The van der Waals surface area contributed by atoms with E-state index >= 15 is 0 Å². The molecule has 2 heteroatoms. The number of rotatable bonds is 2. The Labute approximate surface area is 96.7 Å². The highest BCUT2D eigenvalue weighted by atomic mass is 14.9. The first-order valence-corrected chi connectivity index (χ1v) is 5.63. The molecule has 1 aromatic heterocycles. The molecule has 2 rings (SSSR count). The monoisotopic (exact) mass is 214 g/mol.